The molecule has 1 aromatic carbocycles. The van der Waals surface area contributed by atoms with Crippen molar-refractivity contribution in [3.8, 4) is 11.4 Å². The summed E-state index contributed by atoms with van der Waals surface area (Å²) in [6.07, 6.45) is 3.59. The van der Waals surface area contributed by atoms with Crippen LogP contribution in [0.2, 0.25) is 0 Å². The van der Waals surface area contributed by atoms with E-state index in [2.05, 4.69) is 14.5 Å². The number of hydrogen-bond donors (Lipinski definition) is 0. The Morgan fingerprint density at radius 2 is 1.89 bits per heavy atom. The Balaban J connectivity index is 2.20. The molecule has 0 saturated carbocycles. The molecule has 2 heterocycles. The maximum atomic E-state index is 5.17. The minimum atomic E-state index is 0.846. The molecule has 90 valence electrons. The van der Waals surface area contributed by atoms with Gasteiger partial charge in [0.05, 0.1) is 24.3 Å². The fourth-order valence-corrected chi connectivity index (χ4v) is 2.10. The topological polar surface area (TPSA) is 39.9 Å². The number of aryl methyl sites for hydroxylation is 1. The van der Waals surface area contributed by atoms with E-state index in [1.165, 1.54) is 0 Å². The Bertz CT molecular complexity index is 686. The number of nitrogens with zero attached hydrogens (tertiary/aromatic N) is 3. The zero-order chi connectivity index (χ0) is 12.5. The highest BCUT2D eigenvalue weighted by Crippen LogP contribution is 2.22. The summed E-state index contributed by atoms with van der Waals surface area (Å²) in [7, 11) is 1.66. The summed E-state index contributed by atoms with van der Waals surface area (Å²) in [6.45, 7) is 1.99. The van der Waals surface area contributed by atoms with Gasteiger partial charge in [0.2, 0.25) is 0 Å². The van der Waals surface area contributed by atoms with Gasteiger partial charge in [-0.3, -0.25) is 9.55 Å². The molecule has 4 nitrogen and oxygen atoms in total. The fourth-order valence-electron chi connectivity index (χ4n) is 2.10. The molecule has 0 aliphatic rings. The van der Waals surface area contributed by atoms with E-state index in [-0.39, 0.29) is 0 Å². The van der Waals surface area contributed by atoms with E-state index >= 15 is 0 Å². The maximum absolute atomic E-state index is 5.17. The number of hydrogen-bond acceptors (Lipinski definition) is 3. The van der Waals surface area contributed by atoms with Crippen LogP contribution in [0, 0.1) is 6.92 Å². The summed E-state index contributed by atoms with van der Waals surface area (Å²) in [5.41, 5.74) is 3.03. The minimum absolute atomic E-state index is 0.846. The molecule has 0 bridgehead atoms. The van der Waals surface area contributed by atoms with Gasteiger partial charge in [-0.25, -0.2) is 4.98 Å². The molecule has 0 aliphatic heterocycles. The van der Waals surface area contributed by atoms with Gasteiger partial charge >= 0.3 is 0 Å². The third-order valence-corrected chi connectivity index (χ3v) is 2.96. The average Bonchev–Trinajstić information content (AvgIpc) is 2.75. The number of ether oxygens (including phenoxy) is 1. The van der Waals surface area contributed by atoms with Gasteiger partial charge in [-0.15, -0.1) is 0 Å². The Kier molecular flexibility index (Phi) is 2.48. The third kappa shape index (κ3) is 1.62. The second-order valence-electron chi connectivity index (χ2n) is 4.06. The van der Waals surface area contributed by atoms with Gasteiger partial charge < -0.3 is 4.74 Å². The molecular formula is C14H13N3O. The van der Waals surface area contributed by atoms with E-state index in [0.717, 1.165) is 28.3 Å². The predicted molar refractivity (Wildman–Crippen MR) is 70.2 cm³/mol. The van der Waals surface area contributed by atoms with Crippen molar-refractivity contribution in [2.75, 3.05) is 7.11 Å². The highest BCUT2D eigenvalue weighted by atomic mass is 16.5. The van der Waals surface area contributed by atoms with Gasteiger partial charge in [0, 0.05) is 11.9 Å². The Hall–Kier alpha value is -2.36. The van der Waals surface area contributed by atoms with E-state index in [0.29, 0.717) is 0 Å². The SMILES string of the molecule is COc1ccc(-n2c(C)nc3ccncc32)cc1. The first-order valence-electron chi connectivity index (χ1n) is 5.73. The van der Waals surface area contributed by atoms with Gasteiger partial charge in [-0.2, -0.15) is 0 Å². The molecule has 3 rings (SSSR count). The molecular weight excluding hydrogens is 226 g/mol. The Morgan fingerprint density at radius 3 is 2.61 bits per heavy atom. The molecule has 0 aliphatic carbocycles. The van der Waals surface area contributed by atoms with E-state index in [9.17, 15) is 0 Å². The number of methoxy groups -OCH3 is 1. The van der Waals surface area contributed by atoms with Crippen LogP contribution in [0.1, 0.15) is 5.82 Å². The molecule has 0 amide bonds. The number of imidazole rings is 1. The van der Waals surface area contributed by atoms with E-state index in [1.54, 1.807) is 13.3 Å². The minimum Gasteiger partial charge on any atom is -0.497 e. The molecule has 18 heavy (non-hydrogen) atoms. The summed E-state index contributed by atoms with van der Waals surface area (Å²) in [5, 5.41) is 0. The Labute approximate surface area is 105 Å². The second kappa shape index (κ2) is 4.14. The summed E-state index contributed by atoms with van der Waals surface area (Å²) in [5.74, 6) is 1.79. The van der Waals surface area contributed by atoms with Crippen LogP contribution in [0.3, 0.4) is 0 Å². The quantitative estimate of drug-likeness (QED) is 0.690. The fraction of sp³-hybridized carbons (Fsp3) is 0.143. The van der Waals surface area contributed by atoms with Gasteiger partial charge in [-0.1, -0.05) is 0 Å². The van der Waals surface area contributed by atoms with Crippen LogP contribution in [0.15, 0.2) is 42.7 Å². The number of fused-ring (bicyclic) bond motifs is 1. The van der Waals surface area contributed by atoms with Crippen LogP contribution < -0.4 is 4.74 Å². The first-order valence-corrected chi connectivity index (χ1v) is 5.73. The number of rotatable bonds is 2. The number of benzene rings is 1. The lowest BCUT2D eigenvalue weighted by Gasteiger charge is -2.07. The zero-order valence-electron chi connectivity index (χ0n) is 10.3. The van der Waals surface area contributed by atoms with E-state index in [4.69, 9.17) is 4.74 Å². The van der Waals surface area contributed by atoms with Crippen molar-refractivity contribution in [1.29, 1.82) is 0 Å². The first kappa shape index (κ1) is 10.8. The molecule has 2 aromatic heterocycles. The van der Waals surface area contributed by atoms with E-state index in [1.807, 2.05) is 43.5 Å². The highest BCUT2D eigenvalue weighted by molar-refractivity contribution is 5.77. The smallest absolute Gasteiger partial charge is 0.119 e. The van der Waals surface area contributed by atoms with Crippen molar-refractivity contribution in [3.05, 3.63) is 48.5 Å². The van der Waals surface area contributed by atoms with Crippen LogP contribution >= 0.6 is 0 Å². The first-order chi connectivity index (χ1) is 8.79. The van der Waals surface area contributed by atoms with Crippen LogP contribution in [0.4, 0.5) is 0 Å². The van der Waals surface area contributed by atoms with Crippen molar-refractivity contribution in [1.82, 2.24) is 14.5 Å². The van der Waals surface area contributed by atoms with E-state index < -0.39 is 0 Å². The summed E-state index contributed by atoms with van der Waals surface area (Å²) < 4.78 is 7.25. The lowest BCUT2D eigenvalue weighted by atomic mass is 10.3. The highest BCUT2D eigenvalue weighted by Gasteiger charge is 2.08. The standard InChI is InChI=1S/C14H13N3O/c1-10-16-13-7-8-15-9-14(13)17(10)11-3-5-12(18-2)6-4-11/h3-9H,1-2H3. The number of aromatic nitrogens is 3. The normalized spacial score (nSPS) is 10.8. The molecule has 0 N–H and O–H groups in total. The molecule has 3 aromatic rings. The largest absolute Gasteiger partial charge is 0.497 e. The Morgan fingerprint density at radius 1 is 1.11 bits per heavy atom. The molecule has 0 spiro atoms. The second-order valence-corrected chi connectivity index (χ2v) is 4.06. The van der Waals surface area contributed by atoms with Crippen molar-refractivity contribution in [2.24, 2.45) is 0 Å². The molecule has 0 unspecified atom stereocenters. The summed E-state index contributed by atoms with van der Waals surface area (Å²) in [6, 6.07) is 9.83. The van der Waals surface area contributed by atoms with Crippen LogP contribution in [0.5, 0.6) is 5.75 Å². The summed E-state index contributed by atoms with van der Waals surface area (Å²) in [4.78, 5) is 8.68. The van der Waals surface area contributed by atoms with Crippen LogP contribution in [-0.2, 0) is 0 Å². The zero-order valence-corrected chi connectivity index (χ0v) is 10.3. The molecule has 4 heteroatoms. The summed E-state index contributed by atoms with van der Waals surface area (Å²) >= 11 is 0. The van der Waals surface area contributed by atoms with Crippen molar-refractivity contribution in [2.45, 2.75) is 6.92 Å². The molecule has 0 radical (unpaired) electrons. The lowest BCUT2D eigenvalue weighted by molar-refractivity contribution is 0.415. The molecule has 0 saturated heterocycles. The van der Waals surface area contributed by atoms with Gasteiger partial charge in [-0.05, 0) is 37.3 Å². The van der Waals surface area contributed by atoms with Gasteiger partial charge in [0.1, 0.15) is 11.6 Å². The number of pyridine rings is 1. The third-order valence-electron chi connectivity index (χ3n) is 2.96. The maximum Gasteiger partial charge on any atom is 0.119 e. The average molecular weight is 239 g/mol. The van der Waals surface area contributed by atoms with Gasteiger partial charge in [0.15, 0.2) is 0 Å². The predicted octanol–water partition coefficient (Wildman–Crippen LogP) is 2.74. The van der Waals surface area contributed by atoms with Crippen molar-refractivity contribution >= 4 is 11.0 Å². The molecule has 0 atom stereocenters. The molecule has 0 fully saturated rings. The van der Waals surface area contributed by atoms with Crippen molar-refractivity contribution in [3.63, 3.8) is 0 Å². The lowest BCUT2D eigenvalue weighted by Crippen LogP contribution is -1.96. The van der Waals surface area contributed by atoms with Crippen molar-refractivity contribution < 1.29 is 4.74 Å². The van der Waals surface area contributed by atoms with Gasteiger partial charge in [0.25, 0.3) is 0 Å². The monoisotopic (exact) mass is 239 g/mol. The van der Waals surface area contributed by atoms with Crippen LogP contribution in [0.25, 0.3) is 16.7 Å². The van der Waals surface area contributed by atoms with Crippen LogP contribution in [-0.4, -0.2) is 21.6 Å².